The summed E-state index contributed by atoms with van der Waals surface area (Å²) in [4.78, 5) is 23.4. The predicted octanol–water partition coefficient (Wildman–Crippen LogP) is 2.40. The number of halogens is 1. The molecule has 0 unspecified atom stereocenters. The van der Waals surface area contributed by atoms with E-state index in [1.807, 2.05) is 32.9 Å². The van der Waals surface area contributed by atoms with E-state index < -0.39 is 0 Å². The largest absolute Gasteiger partial charge is 0.354 e. The number of hydrogen-bond donors (Lipinski definition) is 2. The molecule has 1 rings (SSSR count). The maximum Gasteiger partial charge on any atom is 0.251 e. The van der Waals surface area contributed by atoms with Gasteiger partial charge in [0.2, 0.25) is 5.91 Å². The minimum atomic E-state index is -0.156. The van der Waals surface area contributed by atoms with Crippen molar-refractivity contribution in [1.82, 2.24) is 10.6 Å². The molecule has 5 heteroatoms. The zero-order valence-electron chi connectivity index (χ0n) is 11.4. The summed E-state index contributed by atoms with van der Waals surface area (Å²) >= 11 is 3.34. The number of carbonyl (C=O) groups excluding carboxylic acids is 2. The average Bonchev–Trinajstić information content (AvgIpc) is 2.31. The van der Waals surface area contributed by atoms with Crippen molar-refractivity contribution in [2.45, 2.75) is 33.2 Å². The Morgan fingerprint density at radius 1 is 1.32 bits per heavy atom. The lowest BCUT2D eigenvalue weighted by molar-refractivity contribution is -0.121. The molecule has 0 radical (unpaired) electrons. The molecule has 0 heterocycles. The van der Waals surface area contributed by atoms with Crippen LogP contribution in [0.15, 0.2) is 22.7 Å². The van der Waals surface area contributed by atoms with Gasteiger partial charge >= 0.3 is 0 Å². The van der Waals surface area contributed by atoms with Gasteiger partial charge in [0.25, 0.3) is 5.91 Å². The van der Waals surface area contributed by atoms with E-state index in [1.165, 1.54) is 0 Å². The number of amides is 2. The summed E-state index contributed by atoms with van der Waals surface area (Å²) in [5.74, 6) is -0.211. The van der Waals surface area contributed by atoms with Gasteiger partial charge in [0.05, 0.1) is 0 Å². The minimum absolute atomic E-state index is 0.0544. The van der Waals surface area contributed by atoms with Crippen LogP contribution in [-0.4, -0.2) is 24.4 Å². The highest BCUT2D eigenvalue weighted by molar-refractivity contribution is 9.10. The van der Waals surface area contributed by atoms with Gasteiger partial charge in [-0.25, -0.2) is 0 Å². The Kier molecular flexibility index (Phi) is 6.02. The third-order valence-electron chi connectivity index (χ3n) is 2.53. The quantitative estimate of drug-likeness (QED) is 0.872. The molecule has 1 aromatic carbocycles. The van der Waals surface area contributed by atoms with Crippen molar-refractivity contribution < 1.29 is 9.59 Å². The third kappa shape index (κ3) is 5.42. The first kappa shape index (κ1) is 15.7. The van der Waals surface area contributed by atoms with Crippen LogP contribution >= 0.6 is 15.9 Å². The van der Waals surface area contributed by atoms with Crippen LogP contribution in [0, 0.1) is 6.92 Å². The summed E-state index contributed by atoms with van der Waals surface area (Å²) in [6.07, 6.45) is 0.289. The molecular formula is C14H19BrN2O2. The normalized spacial score (nSPS) is 10.4. The first-order valence-corrected chi connectivity index (χ1v) is 7.03. The van der Waals surface area contributed by atoms with Crippen molar-refractivity contribution in [3.05, 3.63) is 33.8 Å². The topological polar surface area (TPSA) is 58.2 Å². The van der Waals surface area contributed by atoms with Gasteiger partial charge in [-0.15, -0.1) is 0 Å². The zero-order chi connectivity index (χ0) is 14.4. The molecule has 0 aliphatic carbocycles. The Balaban J connectivity index is 2.48. The fourth-order valence-corrected chi connectivity index (χ4v) is 1.98. The summed E-state index contributed by atoms with van der Waals surface area (Å²) in [6, 6.07) is 5.67. The molecule has 104 valence electrons. The smallest absolute Gasteiger partial charge is 0.251 e. The Bertz CT molecular complexity index is 473. The van der Waals surface area contributed by atoms with Crippen molar-refractivity contribution in [3.8, 4) is 0 Å². The fourth-order valence-electron chi connectivity index (χ4n) is 1.62. The molecule has 0 saturated heterocycles. The molecule has 4 nitrogen and oxygen atoms in total. The minimum Gasteiger partial charge on any atom is -0.354 e. The van der Waals surface area contributed by atoms with Gasteiger partial charge in [-0.05, 0) is 38.5 Å². The Morgan fingerprint density at radius 3 is 2.63 bits per heavy atom. The van der Waals surface area contributed by atoms with Crippen molar-refractivity contribution in [2.24, 2.45) is 0 Å². The van der Waals surface area contributed by atoms with Crippen molar-refractivity contribution in [2.75, 3.05) is 6.54 Å². The van der Waals surface area contributed by atoms with Crippen molar-refractivity contribution in [3.63, 3.8) is 0 Å². The number of hydrogen-bond acceptors (Lipinski definition) is 2. The Morgan fingerprint density at radius 2 is 2.00 bits per heavy atom. The van der Waals surface area contributed by atoms with E-state index in [-0.39, 0.29) is 24.3 Å². The molecule has 0 bridgehead atoms. The maximum absolute atomic E-state index is 12.0. The van der Waals surface area contributed by atoms with E-state index in [9.17, 15) is 9.59 Å². The van der Waals surface area contributed by atoms with Crippen LogP contribution in [-0.2, 0) is 4.79 Å². The summed E-state index contributed by atoms with van der Waals surface area (Å²) in [5.41, 5.74) is 1.53. The molecule has 2 N–H and O–H groups in total. The van der Waals surface area contributed by atoms with E-state index in [0.717, 1.165) is 10.0 Å². The lowest BCUT2D eigenvalue weighted by atomic mass is 10.1. The maximum atomic E-state index is 12.0. The van der Waals surface area contributed by atoms with Gasteiger partial charge in [-0.1, -0.05) is 22.0 Å². The zero-order valence-corrected chi connectivity index (χ0v) is 13.0. The Hall–Kier alpha value is -1.36. The highest BCUT2D eigenvalue weighted by Gasteiger charge is 2.10. The van der Waals surface area contributed by atoms with Gasteiger partial charge in [0.1, 0.15) is 0 Å². The first-order valence-electron chi connectivity index (χ1n) is 6.24. The summed E-state index contributed by atoms with van der Waals surface area (Å²) in [5, 5.41) is 5.53. The number of carbonyl (C=O) groups is 2. The number of rotatable bonds is 5. The van der Waals surface area contributed by atoms with Crippen LogP contribution in [0.5, 0.6) is 0 Å². The molecule has 1 aromatic rings. The number of aryl methyl sites for hydroxylation is 1. The monoisotopic (exact) mass is 326 g/mol. The van der Waals surface area contributed by atoms with Crippen molar-refractivity contribution in [1.29, 1.82) is 0 Å². The highest BCUT2D eigenvalue weighted by Crippen LogP contribution is 2.15. The second kappa shape index (κ2) is 7.28. The van der Waals surface area contributed by atoms with Crippen LogP contribution in [0.4, 0.5) is 0 Å². The number of benzene rings is 1. The molecule has 0 fully saturated rings. The molecule has 2 amide bonds. The van der Waals surface area contributed by atoms with Crippen LogP contribution < -0.4 is 10.6 Å². The summed E-state index contributed by atoms with van der Waals surface area (Å²) < 4.78 is 0.862. The standard InChI is InChI=1S/C14H19BrN2O2/c1-9(2)17-13(18)6-7-16-14(19)12-8-11(15)5-4-10(12)3/h4-5,8-9H,6-7H2,1-3H3,(H,16,19)(H,17,18). The SMILES string of the molecule is Cc1ccc(Br)cc1C(=O)NCCC(=O)NC(C)C. The van der Waals surface area contributed by atoms with Gasteiger partial charge in [-0.3, -0.25) is 9.59 Å². The molecule has 0 aliphatic rings. The highest BCUT2D eigenvalue weighted by atomic mass is 79.9. The van der Waals surface area contributed by atoms with Crippen LogP contribution in [0.2, 0.25) is 0 Å². The van der Waals surface area contributed by atoms with Crippen LogP contribution in [0.25, 0.3) is 0 Å². The summed E-state index contributed by atoms with van der Waals surface area (Å²) in [6.45, 7) is 6.03. The fraction of sp³-hybridized carbons (Fsp3) is 0.429. The lowest BCUT2D eigenvalue weighted by Crippen LogP contribution is -2.34. The van der Waals surface area contributed by atoms with Crippen LogP contribution in [0.1, 0.15) is 36.2 Å². The second-order valence-electron chi connectivity index (χ2n) is 4.69. The third-order valence-corrected chi connectivity index (χ3v) is 3.02. The lowest BCUT2D eigenvalue weighted by Gasteiger charge is -2.10. The van der Waals surface area contributed by atoms with E-state index >= 15 is 0 Å². The molecule has 0 atom stereocenters. The molecule has 0 aliphatic heterocycles. The van der Waals surface area contributed by atoms with Gasteiger partial charge in [0.15, 0.2) is 0 Å². The van der Waals surface area contributed by atoms with Crippen LogP contribution in [0.3, 0.4) is 0 Å². The van der Waals surface area contributed by atoms with Crippen molar-refractivity contribution >= 4 is 27.7 Å². The van der Waals surface area contributed by atoms with E-state index in [2.05, 4.69) is 26.6 Å². The van der Waals surface area contributed by atoms with Gasteiger partial charge in [-0.2, -0.15) is 0 Å². The van der Waals surface area contributed by atoms with Gasteiger partial charge < -0.3 is 10.6 Å². The molecular weight excluding hydrogens is 308 g/mol. The van der Waals surface area contributed by atoms with E-state index in [4.69, 9.17) is 0 Å². The second-order valence-corrected chi connectivity index (χ2v) is 5.60. The Labute approximate surface area is 122 Å². The average molecular weight is 327 g/mol. The summed E-state index contributed by atoms with van der Waals surface area (Å²) in [7, 11) is 0. The van der Waals surface area contributed by atoms with Gasteiger partial charge in [0, 0.05) is 29.0 Å². The van der Waals surface area contributed by atoms with E-state index in [1.54, 1.807) is 6.07 Å². The number of nitrogens with one attached hydrogen (secondary N) is 2. The predicted molar refractivity (Wildman–Crippen MR) is 79.1 cm³/mol. The molecule has 19 heavy (non-hydrogen) atoms. The van der Waals surface area contributed by atoms with E-state index in [0.29, 0.717) is 12.1 Å². The molecule has 0 spiro atoms. The molecule has 0 saturated carbocycles. The first-order chi connectivity index (χ1) is 8.90. The molecule has 0 aromatic heterocycles.